The normalized spacial score (nSPS) is 19.7. The Morgan fingerprint density at radius 2 is 2.11 bits per heavy atom. The van der Waals surface area contributed by atoms with Crippen molar-refractivity contribution in [3.05, 3.63) is 11.1 Å². The Bertz CT molecular complexity index is 452. The van der Waals surface area contributed by atoms with Crippen molar-refractivity contribution in [2.45, 2.75) is 44.1 Å². The first kappa shape index (κ1) is 13.7. The highest BCUT2D eigenvalue weighted by molar-refractivity contribution is 7.07. The van der Waals surface area contributed by atoms with E-state index in [1.807, 2.05) is 0 Å². The molecule has 0 aromatic carbocycles. The molecule has 1 fully saturated rings. The van der Waals surface area contributed by atoms with Gasteiger partial charge in [-0.05, 0) is 24.4 Å². The van der Waals surface area contributed by atoms with Crippen LogP contribution < -0.4 is 11.1 Å². The average molecular weight is 283 g/mol. The summed E-state index contributed by atoms with van der Waals surface area (Å²) in [7, 11) is 0. The predicted molar refractivity (Wildman–Crippen MR) is 71.2 cm³/mol. The Kier molecular flexibility index (Phi) is 4.31. The Balaban J connectivity index is 2.20. The number of nitrogens with zero attached hydrogens (tertiary/aromatic N) is 3. The highest BCUT2D eigenvalue weighted by atomic mass is 32.1. The van der Waals surface area contributed by atoms with E-state index < -0.39 is 5.54 Å². The maximum Gasteiger partial charge on any atom is 0.265 e. The molecule has 0 radical (unpaired) electrons. The monoisotopic (exact) mass is 283 g/mol. The van der Waals surface area contributed by atoms with Crippen molar-refractivity contribution in [3.63, 3.8) is 0 Å². The third kappa shape index (κ3) is 3.01. The van der Waals surface area contributed by atoms with Crippen LogP contribution in [-0.4, -0.2) is 32.1 Å². The molecule has 1 aromatic rings. The summed E-state index contributed by atoms with van der Waals surface area (Å²) in [5, 5.41) is 18.6. The second kappa shape index (κ2) is 5.96. The zero-order valence-electron chi connectivity index (χ0n) is 10.5. The van der Waals surface area contributed by atoms with E-state index in [0.717, 1.165) is 37.2 Å². The van der Waals surface area contributed by atoms with E-state index in [9.17, 15) is 4.79 Å². The third-order valence-corrected chi connectivity index (χ3v) is 4.16. The second-order valence-corrected chi connectivity index (χ2v) is 5.50. The Morgan fingerprint density at radius 1 is 1.42 bits per heavy atom. The number of aromatic nitrogens is 2. The van der Waals surface area contributed by atoms with Gasteiger partial charge >= 0.3 is 0 Å². The van der Waals surface area contributed by atoms with Crippen molar-refractivity contribution in [1.29, 1.82) is 0 Å². The molecule has 0 atom stereocenters. The van der Waals surface area contributed by atoms with Crippen LogP contribution in [0.3, 0.4) is 0 Å². The summed E-state index contributed by atoms with van der Waals surface area (Å²) in [5.41, 5.74) is 5.05. The van der Waals surface area contributed by atoms with Crippen LogP contribution in [0.15, 0.2) is 11.4 Å². The first-order chi connectivity index (χ1) is 9.18. The van der Waals surface area contributed by atoms with E-state index in [2.05, 4.69) is 20.1 Å². The van der Waals surface area contributed by atoms with E-state index in [1.54, 1.807) is 0 Å². The van der Waals surface area contributed by atoms with Crippen molar-refractivity contribution in [1.82, 2.24) is 14.9 Å². The zero-order valence-corrected chi connectivity index (χ0v) is 11.3. The average Bonchev–Trinajstić information content (AvgIpc) is 2.86. The van der Waals surface area contributed by atoms with Gasteiger partial charge in [0.2, 0.25) is 0 Å². The zero-order chi connectivity index (χ0) is 13.7. The molecule has 1 aliphatic carbocycles. The molecular formula is C11H17N5O2S. The van der Waals surface area contributed by atoms with Gasteiger partial charge in [-0.15, -0.1) is 5.10 Å². The summed E-state index contributed by atoms with van der Waals surface area (Å²) in [4.78, 5) is 12.6. The van der Waals surface area contributed by atoms with Crippen LogP contribution in [0.25, 0.3) is 0 Å². The van der Waals surface area contributed by atoms with Crippen molar-refractivity contribution < 1.29 is 10.0 Å². The fourth-order valence-electron chi connectivity index (χ4n) is 2.42. The predicted octanol–water partition coefficient (Wildman–Crippen LogP) is 1.11. The van der Waals surface area contributed by atoms with Gasteiger partial charge in [0.25, 0.3) is 5.91 Å². The summed E-state index contributed by atoms with van der Waals surface area (Å²) in [6, 6.07) is 0. The molecule has 1 saturated carbocycles. The second-order valence-electron chi connectivity index (χ2n) is 4.72. The van der Waals surface area contributed by atoms with E-state index in [4.69, 9.17) is 10.9 Å². The summed E-state index contributed by atoms with van der Waals surface area (Å²) in [6.45, 7) is 0. The lowest BCUT2D eigenvalue weighted by molar-refractivity contribution is 0.0919. The van der Waals surface area contributed by atoms with Gasteiger partial charge in [-0.2, -0.15) is 0 Å². The number of nitrogens with one attached hydrogen (secondary N) is 1. The van der Waals surface area contributed by atoms with Crippen molar-refractivity contribution in [3.8, 4) is 0 Å². The number of nitrogens with two attached hydrogens (primary N) is 1. The summed E-state index contributed by atoms with van der Waals surface area (Å²) in [5.74, 6) is -0.205. The summed E-state index contributed by atoms with van der Waals surface area (Å²) < 4.78 is 3.66. The topological polar surface area (TPSA) is 113 Å². The molecule has 104 valence electrons. The molecule has 0 saturated heterocycles. The lowest BCUT2D eigenvalue weighted by atomic mass is 9.88. The molecule has 0 bridgehead atoms. The maximum atomic E-state index is 12.1. The standard InChI is InChI=1S/C11H17N5O2S/c12-10(15-18)11(5-3-1-2-4-6-11)14-9(17)8-7-13-16-19-8/h7,18H,1-6H2,(H2,12,15)(H,14,17). The van der Waals surface area contributed by atoms with Crippen LogP contribution >= 0.6 is 11.5 Å². The number of rotatable bonds is 3. The van der Waals surface area contributed by atoms with Crippen LogP contribution in [0.1, 0.15) is 48.2 Å². The van der Waals surface area contributed by atoms with Gasteiger partial charge in [0.1, 0.15) is 10.4 Å². The van der Waals surface area contributed by atoms with Crippen LogP contribution in [0.5, 0.6) is 0 Å². The highest BCUT2D eigenvalue weighted by Gasteiger charge is 2.37. The van der Waals surface area contributed by atoms with Crippen LogP contribution in [0.2, 0.25) is 0 Å². The fourth-order valence-corrected chi connectivity index (χ4v) is 2.83. The number of hydrogen-bond acceptors (Lipinski definition) is 6. The van der Waals surface area contributed by atoms with Gasteiger partial charge in [-0.25, -0.2) is 0 Å². The summed E-state index contributed by atoms with van der Waals surface area (Å²) >= 11 is 1.03. The first-order valence-electron chi connectivity index (χ1n) is 6.26. The van der Waals surface area contributed by atoms with Gasteiger partial charge in [0.15, 0.2) is 5.84 Å². The Hall–Kier alpha value is -1.70. The smallest absolute Gasteiger partial charge is 0.265 e. The lowest BCUT2D eigenvalue weighted by Crippen LogP contribution is -2.57. The van der Waals surface area contributed by atoms with Gasteiger partial charge in [-0.1, -0.05) is 35.3 Å². The van der Waals surface area contributed by atoms with Crippen LogP contribution in [-0.2, 0) is 0 Å². The molecule has 4 N–H and O–H groups in total. The number of hydrogen-bond donors (Lipinski definition) is 3. The molecule has 7 nitrogen and oxygen atoms in total. The molecule has 0 unspecified atom stereocenters. The minimum absolute atomic E-state index is 0.0697. The van der Waals surface area contributed by atoms with E-state index in [0.29, 0.717) is 17.7 Å². The minimum Gasteiger partial charge on any atom is -0.409 e. The maximum absolute atomic E-state index is 12.1. The van der Waals surface area contributed by atoms with Gasteiger partial charge in [0, 0.05) is 0 Å². The minimum atomic E-state index is -0.758. The third-order valence-electron chi connectivity index (χ3n) is 3.49. The van der Waals surface area contributed by atoms with E-state index in [1.165, 1.54) is 6.20 Å². The molecule has 8 heteroatoms. The fraction of sp³-hybridized carbons (Fsp3) is 0.636. The Morgan fingerprint density at radius 3 is 2.63 bits per heavy atom. The molecule has 2 rings (SSSR count). The molecule has 0 spiro atoms. The van der Waals surface area contributed by atoms with E-state index >= 15 is 0 Å². The van der Waals surface area contributed by atoms with Gasteiger partial charge < -0.3 is 16.3 Å². The first-order valence-corrected chi connectivity index (χ1v) is 7.03. The molecule has 1 aliphatic rings. The number of carbonyl (C=O) groups is 1. The molecule has 0 aliphatic heterocycles. The summed E-state index contributed by atoms with van der Waals surface area (Å²) in [6.07, 6.45) is 6.85. The molecule has 1 amide bonds. The van der Waals surface area contributed by atoms with Gasteiger partial charge in [-0.3, -0.25) is 4.79 Å². The van der Waals surface area contributed by atoms with E-state index in [-0.39, 0.29) is 11.7 Å². The number of oxime groups is 1. The number of amidine groups is 1. The van der Waals surface area contributed by atoms with Crippen molar-refractivity contribution >= 4 is 23.3 Å². The van der Waals surface area contributed by atoms with Gasteiger partial charge in [0.05, 0.1) is 6.20 Å². The molecular weight excluding hydrogens is 266 g/mol. The van der Waals surface area contributed by atoms with Crippen LogP contribution in [0.4, 0.5) is 0 Å². The quantitative estimate of drug-likeness (QED) is 0.253. The molecule has 1 aromatic heterocycles. The lowest BCUT2D eigenvalue weighted by Gasteiger charge is -2.32. The largest absolute Gasteiger partial charge is 0.409 e. The Labute approximate surface area is 115 Å². The molecule has 19 heavy (non-hydrogen) atoms. The SMILES string of the molecule is NC(=NO)C1(NC(=O)c2cnns2)CCCCCC1. The van der Waals surface area contributed by atoms with Crippen molar-refractivity contribution in [2.24, 2.45) is 10.9 Å². The highest BCUT2D eigenvalue weighted by Crippen LogP contribution is 2.28. The van der Waals surface area contributed by atoms with Crippen molar-refractivity contribution in [2.75, 3.05) is 0 Å². The number of amides is 1. The van der Waals surface area contributed by atoms with Crippen LogP contribution in [0, 0.1) is 0 Å². The number of carbonyl (C=O) groups excluding carboxylic acids is 1. The molecule has 1 heterocycles.